The van der Waals surface area contributed by atoms with E-state index in [0.717, 1.165) is 28.0 Å². The van der Waals surface area contributed by atoms with E-state index < -0.39 is 5.60 Å². The van der Waals surface area contributed by atoms with E-state index in [1.165, 1.54) is 27.6 Å². The van der Waals surface area contributed by atoms with Crippen LogP contribution in [0.3, 0.4) is 0 Å². The molecule has 3 aromatic rings. The number of carbonyl (C=O) groups is 1. The molecule has 2 aliphatic rings. The first-order chi connectivity index (χ1) is 15.5. The van der Waals surface area contributed by atoms with Crippen molar-refractivity contribution in [3.63, 3.8) is 0 Å². The molecule has 0 bridgehead atoms. The SMILES string of the molecule is CC[C@@]1(O)C(=O)CCc2c1cc1n(c2=O)Cc2c-1nc1c(C)c(C)c(C)c(C)c1c2C(C)C. The molecule has 3 heterocycles. The molecule has 1 aliphatic carbocycles. The van der Waals surface area contributed by atoms with Gasteiger partial charge in [-0.05, 0) is 80.3 Å². The summed E-state index contributed by atoms with van der Waals surface area (Å²) in [7, 11) is 0. The predicted molar refractivity (Wildman–Crippen MR) is 131 cm³/mol. The zero-order valence-corrected chi connectivity index (χ0v) is 20.6. The quantitative estimate of drug-likeness (QED) is 0.478. The van der Waals surface area contributed by atoms with Crippen molar-refractivity contribution in [2.45, 2.75) is 85.8 Å². The van der Waals surface area contributed by atoms with E-state index >= 15 is 0 Å². The molecule has 0 amide bonds. The van der Waals surface area contributed by atoms with Gasteiger partial charge in [-0.1, -0.05) is 20.8 Å². The maximum atomic E-state index is 13.6. The lowest BCUT2D eigenvalue weighted by Gasteiger charge is -2.32. The predicted octanol–water partition coefficient (Wildman–Crippen LogP) is 4.90. The van der Waals surface area contributed by atoms with Crippen LogP contribution in [0.1, 0.15) is 84.0 Å². The Hall–Kier alpha value is -2.79. The van der Waals surface area contributed by atoms with Crippen molar-refractivity contribution in [3.05, 3.63) is 60.9 Å². The summed E-state index contributed by atoms with van der Waals surface area (Å²) < 4.78 is 1.80. The van der Waals surface area contributed by atoms with Gasteiger partial charge in [0.1, 0.15) is 5.60 Å². The van der Waals surface area contributed by atoms with Gasteiger partial charge >= 0.3 is 0 Å². The number of carbonyl (C=O) groups excluding carboxylic acids is 1. The van der Waals surface area contributed by atoms with Crippen LogP contribution in [0.4, 0.5) is 0 Å². The van der Waals surface area contributed by atoms with Crippen LogP contribution in [0.15, 0.2) is 10.9 Å². The summed E-state index contributed by atoms with van der Waals surface area (Å²) in [4.78, 5) is 31.4. The van der Waals surface area contributed by atoms with Gasteiger partial charge in [-0.15, -0.1) is 0 Å². The van der Waals surface area contributed by atoms with Gasteiger partial charge in [-0.3, -0.25) is 9.59 Å². The number of benzene rings is 1. The molecule has 0 fully saturated rings. The molecular formula is C28H32N2O3. The average molecular weight is 445 g/mol. The summed E-state index contributed by atoms with van der Waals surface area (Å²) in [6.45, 7) is 15.3. The molecule has 1 atom stereocenters. The molecule has 1 aromatic carbocycles. The number of aromatic nitrogens is 2. The minimum absolute atomic E-state index is 0.0977. The van der Waals surface area contributed by atoms with Crippen LogP contribution in [-0.4, -0.2) is 20.4 Å². The van der Waals surface area contributed by atoms with Crippen molar-refractivity contribution in [1.29, 1.82) is 0 Å². The van der Waals surface area contributed by atoms with E-state index in [9.17, 15) is 14.7 Å². The molecule has 0 saturated heterocycles. The van der Waals surface area contributed by atoms with Crippen LogP contribution in [0.25, 0.3) is 22.3 Å². The van der Waals surface area contributed by atoms with Crippen molar-refractivity contribution in [2.24, 2.45) is 0 Å². The Labute approximate surface area is 194 Å². The number of aryl methyl sites for hydroxylation is 2. The van der Waals surface area contributed by atoms with Crippen molar-refractivity contribution in [1.82, 2.24) is 9.55 Å². The fraction of sp³-hybridized carbons (Fsp3) is 0.464. The van der Waals surface area contributed by atoms with Gasteiger partial charge in [0.2, 0.25) is 0 Å². The second kappa shape index (κ2) is 7.10. The number of rotatable bonds is 2. The van der Waals surface area contributed by atoms with Gasteiger partial charge in [0.05, 0.1) is 23.4 Å². The summed E-state index contributed by atoms with van der Waals surface area (Å²) >= 11 is 0. The lowest BCUT2D eigenvalue weighted by molar-refractivity contribution is -0.140. The molecule has 5 rings (SSSR count). The van der Waals surface area contributed by atoms with Gasteiger partial charge in [-0.2, -0.15) is 0 Å². The number of hydrogen-bond donors (Lipinski definition) is 1. The Morgan fingerprint density at radius 1 is 1.03 bits per heavy atom. The van der Waals surface area contributed by atoms with Gasteiger partial charge in [0, 0.05) is 28.5 Å². The molecule has 5 nitrogen and oxygen atoms in total. The van der Waals surface area contributed by atoms with E-state index in [1.54, 1.807) is 11.5 Å². The minimum Gasteiger partial charge on any atom is -0.377 e. The summed E-state index contributed by atoms with van der Waals surface area (Å²) in [6.07, 6.45) is 0.845. The molecule has 2 aromatic heterocycles. The highest BCUT2D eigenvalue weighted by atomic mass is 16.3. The third-order valence-electron chi connectivity index (χ3n) is 8.32. The number of nitrogens with zero attached hydrogens (tertiary/aromatic N) is 2. The highest BCUT2D eigenvalue weighted by Crippen LogP contribution is 2.44. The maximum absolute atomic E-state index is 13.6. The summed E-state index contributed by atoms with van der Waals surface area (Å²) in [5.74, 6) is 0.0604. The Morgan fingerprint density at radius 3 is 2.33 bits per heavy atom. The van der Waals surface area contributed by atoms with Gasteiger partial charge in [0.25, 0.3) is 5.56 Å². The first kappa shape index (κ1) is 22.0. The van der Waals surface area contributed by atoms with E-state index in [0.29, 0.717) is 24.1 Å². The number of fused-ring (bicyclic) bond motifs is 5. The molecule has 172 valence electrons. The number of aliphatic hydroxyl groups is 1. The van der Waals surface area contributed by atoms with Crippen molar-refractivity contribution in [3.8, 4) is 11.4 Å². The zero-order valence-electron chi connectivity index (χ0n) is 20.6. The van der Waals surface area contributed by atoms with E-state index in [-0.39, 0.29) is 30.1 Å². The summed E-state index contributed by atoms with van der Waals surface area (Å²) in [5, 5.41) is 12.5. The Kier molecular flexibility index (Phi) is 4.74. The third-order valence-corrected chi connectivity index (χ3v) is 8.32. The van der Waals surface area contributed by atoms with Crippen LogP contribution < -0.4 is 5.56 Å². The summed E-state index contributed by atoms with van der Waals surface area (Å²) in [6, 6.07) is 1.87. The van der Waals surface area contributed by atoms with Crippen molar-refractivity contribution >= 4 is 16.7 Å². The second-order valence-corrected chi connectivity index (χ2v) is 10.2. The first-order valence-electron chi connectivity index (χ1n) is 12.0. The molecule has 0 spiro atoms. The van der Waals surface area contributed by atoms with E-state index in [2.05, 4.69) is 41.5 Å². The highest BCUT2D eigenvalue weighted by Gasteiger charge is 2.43. The molecule has 1 N–H and O–H groups in total. The van der Waals surface area contributed by atoms with Crippen LogP contribution >= 0.6 is 0 Å². The smallest absolute Gasteiger partial charge is 0.254 e. The Balaban J connectivity index is 1.91. The molecule has 1 aliphatic heterocycles. The molecular weight excluding hydrogens is 412 g/mol. The van der Waals surface area contributed by atoms with Gasteiger partial charge in [-0.25, -0.2) is 4.98 Å². The second-order valence-electron chi connectivity index (χ2n) is 10.2. The lowest BCUT2D eigenvalue weighted by atomic mass is 9.77. The van der Waals surface area contributed by atoms with Crippen LogP contribution in [-0.2, 0) is 23.4 Å². The van der Waals surface area contributed by atoms with E-state index in [1.807, 2.05) is 6.07 Å². The monoisotopic (exact) mass is 444 g/mol. The van der Waals surface area contributed by atoms with Gasteiger partial charge in [0.15, 0.2) is 5.78 Å². The summed E-state index contributed by atoms with van der Waals surface area (Å²) in [5.41, 5.74) is 9.17. The van der Waals surface area contributed by atoms with Crippen molar-refractivity contribution in [2.75, 3.05) is 0 Å². The fourth-order valence-electron chi connectivity index (χ4n) is 6.02. The van der Waals surface area contributed by atoms with Gasteiger partial charge < -0.3 is 9.67 Å². The molecule has 5 heteroatoms. The maximum Gasteiger partial charge on any atom is 0.254 e. The number of pyridine rings is 2. The van der Waals surface area contributed by atoms with Crippen molar-refractivity contribution < 1.29 is 9.90 Å². The average Bonchev–Trinajstić information content (AvgIpc) is 3.16. The molecule has 0 unspecified atom stereocenters. The normalized spacial score (nSPS) is 19.2. The molecule has 33 heavy (non-hydrogen) atoms. The Bertz CT molecular complexity index is 1440. The van der Waals surface area contributed by atoms with Crippen LogP contribution in [0.2, 0.25) is 0 Å². The standard InChI is InChI=1S/C28H32N2O3/c1-8-28(33)20-11-21-26-19(12-30(21)27(32)18(20)9-10-22(28)31)23(13(2)3)24-16(6)14(4)15(5)17(7)25(24)29-26/h11,13,33H,8-10,12H2,1-7H3/t28-/m0/s1. The minimum atomic E-state index is -1.59. The first-order valence-corrected chi connectivity index (χ1v) is 12.0. The number of hydrogen-bond acceptors (Lipinski definition) is 4. The highest BCUT2D eigenvalue weighted by molar-refractivity contribution is 5.95. The fourth-order valence-corrected chi connectivity index (χ4v) is 6.02. The molecule has 0 radical (unpaired) electrons. The third kappa shape index (κ3) is 2.72. The van der Waals surface area contributed by atoms with Crippen LogP contribution in [0.5, 0.6) is 0 Å². The van der Waals surface area contributed by atoms with E-state index in [4.69, 9.17) is 4.98 Å². The lowest BCUT2D eigenvalue weighted by Crippen LogP contribution is -2.43. The Morgan fingerprint density at radius 2 is 1.70 bits per heavy atom. The van der Waals surface area contributed by atoms with Crippen LogP contribution in [0, 0.1) is 27.7 Å². The zero-order chi connectivity index (χ0) is 24.0. The largest absolute Gasteiger partial charge is 0.377 e. The number of Topliss-reactive ketones (excluding diaryl/α,β-unsaturated/α-hetero) is 1. The topological polar surface area (TPSA) is 72.2 Å². The molecule has 0 saturated carbocycles. The number of ketones is 1.